The molecule has 0 saturated carbocycles. The lowest BCUT2D eigenvalue weighted by Crippen LogP contribution is -2.30. The second kappa shape index (κ2) is 49.5. The third-order valence-electron chi connectivity index (χ3n) is 10.8. The molecule has 0 rings (SSSR count). The molecule has 350 valence electrons. The van der Waals surface area contributed by atoms with Crippen LogP contribution in [0.25, 0.3) is 0 Å². The van der Waals surface area contributed by atoms with E-state index in [4.69, 9.17) is 14.2 Å². The van der Waals surface area contributed by atoms with Crippen LogP contribution in [0.3, 0.4) is 0 Å². The quantitative estimate of drug-likeness (QED) is 0.0200. The molecule has 0 radical (unpaired) electrons. The monoisotopic (exact) mass is 851 g/mol. The zero-order valence-corrected chi connectivity index (χ0v) is 39.9. The van der Waals surface area contributed by atoms with E-state index in [1.807, 2.05) is 36.5 Å². The van der Waals surface area contributed by atoms with Gasteiger partial charge >= 0.3 is 17.9 Å². The molecule has 0 heterocycles. The number of hydrogen-bond donors (Lipinski definition) is 0. The molecule has 0 aliphatic heterocycles. The molecule has 0 aromatic carbocycles. The van der Waals surface area contributed by atoms with Crippen molar-refractivity contribution in [3.05, 3.63) is 72.9 Å². The number of allylic oxidation sites excluding steroid dienone is 12. The highest BCUT2D eigenvalue weighted by atomic mass is 16.6. The Hall–Kier alpha value is -3.15. The van der Waals surface area contributed by atoms with Gasteiger partial charge in [-0.25, -0.2) is 0 Å². The molecule has 0 spiro atoms. The fraction of sp³-hybridized carbons (Fsp3) is 0.727. The second-order valence-corrected chi connectivity index (χ2v) is 16.8. The summed E-state index contributed by atoms with van der Waals surface area (Å²) in [4.78, 5) is 37.9. The number of hydrogen-bond acceptors (Lipinski definition) is 6. The summed E-state index contributed by atoms with van der Waals surface area (Å²) < 4.78 is 16.7. The topological polar surface area (TPSA) is 78.9 Å². The molecule has 6 nitrogen and oxygen atoms in total. The highest BCUT2D eigenvalue weighted by molar-refractivity contribution is 5.71. The maximum absolute atomic E-state index is 12.8. The van der Waals surface area contributed by atoms with Crippen molar-refractivity contribution in [2.24, 2.45) is 0 Å². The molecule has 0 fully saturated rings. The number of ether oxygens (including phenoxy) is 3. The second-order valence-electron chi connectivity index (χ2n) is 16.8. The Morgan fingerprint density at radius 3 is 1.18 bits per heavy atom. The van der Waals surface area contributed by atoms with Gasteiger partial charge < -0.3 is 14.2 Å². The van der Waals surface area contributed by atoms with Gasteiger partial charge in [-0.2, -0.15) is 0 Å². The van der Waals surface area contributed by atoms with E-state index >= 15 is 0 Å². The van der Waals surface area contributed by atoms with Crippen LogP contribution in [-0.4, -0.2) is 37.2 Å². The normalized spacial score (nSPS) is 12.6. The molecular formula is C55H94O6. The van der Waals surface area contributed by atoms with Gasteiger partial charge in [0.05, 0.1) is 0 Å². The largest absolute Gasteiger partial charge is 0.462 e. The zero-order chi connectivity index (χ0) is 44.4. The van der Waals surface area contributed by atoms with Crippen LogP contribution >= 0.6 is 0 Å². The van der Waals surface area contributed by atoms with Crippen molar-refractivity contribution in [2.75, 3.05) is 13.2 Å². The van der Waals surface area contributed by atoms with Gasteiger partial charge in [-0.3, -0.25) is 14.4 Å². The Balaban J connectivity index is 4.43. The van der Waals surface area contributed by atoms with E-state index in [-0.39, 0.29) is 37.5 Å². The number of carbonyl (C=O) groups excluding carboxylic acids is 3. The molecule has 6 heteroatoms. The smallest absolute Gasteiger partial charge is 0.306 e. The van der Waals surface area contributed by atoms with Crippen molar-refractivity contribution in [1.82, 2.24) is 0 Å². The van der Waals surface area contributed by atoms with Crippen LogP contribution in [0.5, 0.6) is 0 Å². The van der Waals surface area contributed by atoms with Gasteiger partial charge in [-0.1, -0.05) is 222 Å². The van der Waals surface area contributed by atoms with Gasteiger partial charge in [0.15, 0.2) is 6.10 Å². The van der Waals surface area contributed by atoms with Gasteiger partial charge in [0.25, 0.3) is 0 Å². The summed E-state index contributed by atoms with van der Waals surface area (Å²) in [5.74, 6) is -0.938. The number of unbranched alkanes of at least 4 members (excludes halogenated alkanes) is 25. The van der Waals surface area contributed by atoms with Crippen LogP contribution < -0.4 is 0 Å². The highest BCUT2D eigenvalue weighted by Crippen LogP contribution is 2.15. The summed E-state index contributed by atoms with van der Waals surface area (Å²) >= 11 is 0. The molecule has 0 aromatic rings. The van der Waals surface area contributed by atoms with Crippen molar-refractivity contribution in [1.29, 1.82) is 0 Å². The van der Waals surface area contributed by atoms with Crippen LogP contribution in [0.4, 0.5) is 0 Å². The molecule has 1 unspecified atom stereocenters. The average Bonchev–Trinajstić information content (AvgIpc) is 3.26. The molecule has 61 heavy (non-hydrogen) atoms. The van der Waals surface area contributed by atoms with Crippen LogP contribution in [-0.2, 0) is 28.6 Å². The van der Waals surface area contributed by atoms with Crippen molar-refractivity contribution in [3.8, 4) is 0 Å². The Labute approximate surface area is 376 Å². The zero-order valence-electron chi connectivity index (χ0n) is 39.9. The molecule has 0 aliphatic rings. The van der Waals surface area contributed by atoms with Gasteiger partial charge in [-0.15, -0.1) is 0 Å². The first-order chi connectivity index (χ1) is 30.0. The van der Waals surface area contributed by atoms with Crippen LogP contribution in [0.15, 0.2) is 72.9 Å². The summed E-state index contributed by atoms with van der Waals surface area (Å²) in [6.07, 6.45) is 61.7. The van der Waals surface area contributed by atoms with Crippen molar-refractivity contribution in [3.63, 3.8) is 0 Å². The molecule has 0 amide bonds. The van der Waals surface area contributed by atoms with E-state index in [9.17, 15) is 14.4 Å². The minimum atomic E-state index is -0.796. The lowest BCUT2D eigenvalue weighted by atomic mass is 10.0. The third kappa shape index (κ3) is 47.7. The summed E-state index contributed by atoms with van der Waals surface area (Å²) in [5, 5.41) is 0. The summed E-state index contributed by atoms with van der Waals surface area (Å²) in [5.41, 5.74) is 0. The predicted molar refractivity (Wildman–Crippen MR) is 261 cm³/mol. The maximum Gasteiger partial charge on any atom is 0.306 e. The van der Waals surface area contributed by atoms with Crippen molar-refractivity contribution < 1.29 is 28.6 Å². The average molecular weight is 851 g/mol. The molecule has 0 aliphatic carbocycles. The van der Waals surface area contributed by atoms with E-state index < -0.39 is 6.10 Å². The van der Waals surface area contributed by atoms with Crippen LogP contribution in [0.1, 0.15) is 239 Å². The standard InChI is InChI=1S/C55H94O6/c1-4-7-10-13-16-19-22-25-26-27-28-31-33-36-39-42-45-48-54(57)60-51-52(61-55(58)49-46-43-40-37-34-30-24-21-18-15-12-9-6-3)50-59-53(56)47-44-41-38-35-32-29-23-20-17-14-11-8-5-2/h9,12,15-16,18-19,21,24-26,30,34,52H,4-8,10-11,13-14,17,20,22-23,27-29,31-33,35-51H2,1-3H3/b12-9-,18-15-,19-16-,24-21-,26-25-,34-30-. The van der Waals surface area contributed by atoms with E-state index in [0.29, 0.717) is 19.3 Å². The van der Waals surface area contributed by atoms with Crippen LogP contribution in [0, 0.1) is 0 Å². The summed E-state index contributed by atoms with van der Waals surface area (Å²) in [7, 11) is 0. The van der Waals surface area contributed by atoms with Gasteiger partial charge in [0.2, 0.25) is 0 Å². The van der Waals surface area contributed by atoms with Crippen molar-refractivity contribution >= 4 is 17.9 Å². The Morgan fingerprint density at radius 2 is 0.705 bits per heavy atom. The fourth-order valence-corrected chi connectivity index (χ4v) is 6.95. The lowest BCUT2D eigenvalue weighted by Gasteiger charge is -2.18. The molecule has 0 bridgehead atoms. The first-order valence-electron chi connectivity index (χ1n) is 25.5. The molecule has 0 saturated heterocycles. The predicted octanol–water partition coefficient (Wildman–Crippen LogP) is 16.6. The summed E-state index contributed by atoms with van der Waals surface area (Å²) in [6.45, 7) is 6.43. The minimum Gasteiger partial charge on any atom is -0.462 e. The Kier molecular flexibility index (Phi) is 46.9. The molecule has 0 aromatic heterocycles. The van der Waals surface area contributed by atoms with Crippen molar-refractivity contribution in [2.45, 2.75) is 245 Å². The fourth-order valence-electron chi connectivity index (χ4n) is 6.95. The minimum absolute atomic E-state index is 0.0926. The lowest BCUT2D eigenvalue weighted by molar-refractivity contribution is -0.167. The Bertz CT molecular complexity index is 1160. The number of carbonyl (C=O) groups is 3. The Morgan fingerprint density at radius 1 is 0.361 bits per heavy atom. The van der Waals surface area contributed by atoms with E-state index in [2.05, 4.69) is 57.2 Å². The van der Waals surface area contributed by atoms with Crippen LogP contribution in [0.2, 0.25) is 0 Å². The third-order valence-corrected chi connectivity index (χ3v) is 10.8. The first-order valence-corrected chi connectivity index (χ1v) is 25.5. The molecule has 0 N–H and O–H groups in total. The molecular weight excluding hydrogens is 757 g/mol. The SMILES string of the molecule is CC\C=C/C=C\C=C/C=C\CCCCCC(=O)OC(COC(=O)CCCCCCCCC/C=C\C/C=C\CCCCC)COC(=O)CCCCCCCCCCCCCCC. The maximum atomic E-state index is 12.8. The van der Waals surface area contributed by atoms with Gasteiger partial charge in [0.1, 0.15) is 13.2 Å². The first kappa shape index (κ1) is 57.9. The van der Waals surface area contributed by atoms with E-state index in [1.165, 1.54) is 116 Å². The van der Waals surface area contributed by atoms with Gasteiger partial charge in [0, 0.05) is 19.3 Å². The van der Waals surface area contributed by atoms with E-state index in [0.717, 1.165) is 77.0 Å². The highest BCUT2D eigenvalue weighted by Gasteiger charge is 2.19. The summed E-state index contributed by atoms with van der Waals surface area (Å²) in [6, 6.07) is 0. The number of rotatable bonds is 45. The molecule has 1 atom stereocenters. The van der Waals surface area contributed by atoms with E-state index in [1.54, 1.807) is 0 Å². The van der Waals surface area contributed by atoms with Gasteiger partial charge in [-0.05, 0) is 70.6 Å². The number of esters is 3.